The first kappa shape index (κ1) is 9.60. The fourth-order valence-corrected chi connectivity index (χ4v) is 1.07. The van der Waals surface area contributed by atoms with Crippen LogP contribution in [0.15, 0.2) is 12.4 Å². The highest BCUT2D eigenvalue weighted by Gasteiger charge is 2.14. The molecule has 1 rings (SSSR count). The SMILES string of the molecule is Cc1nccnc1[C@@H](N)CC(=O)O. The molecule has 5 nitrogen and oxygen atoms in total. The van der Waals surface area contributed by atoms with E-state index in [1.54, 1.807) is 13.1 Å². The van der Waals surface area contributed by atoms with Gasteiger partial charge in [0.05, 0.1) is 23.9 Å². The predicted molar refractivity (Wildman–Crippen MR) is 46.0 cm³/mol. The molecule has 0 radical (unpaired) electrons. The number of nitrogens with zero attached hydrogens (tertiary/aromatic N) is 2. The number of carbonyl (C=O) groups is 1. The zero-order valence-corrected chi connectivity index (χ0v) is 7.27. The van der Waals surface area contributed by atoms with Crippen LogP contribution >= 0.6 is 0 Å². The summed E-state index contributed by atoms with van der Waals surface area (Å²) in [6.45, 7) is 1.75. The molecule has 0 saturated heterocycles. The van der Waals surface area contributed by atoms with Crippen molar-refractivity contribution in [3.63, 3.8) is 0 Å². The van der Waals surface area contributed by atoms with Gasteiger partial charge in [-0.05, 0) is 6.92 Å². The maximum absolute atomic E-state index is 10.4. The summed E-state index contributed by atoms with van der Waals surface area (Å²) in [6.07, 6.45) is 2.93. The highest BCUT2D eigenvalue weighted by molar-refractivity contribution is 5.67. The summed E-state index contributed by atoms with van der Waals surface area (Å²) in [7, 11) is 0. The van der Waals surface area contributed by atoms with Crippen molar-refractivity contribution in [3.8, 4) is 0 Å². The van der Waals surface area contributed by atoms with Gasteiger partial charge in [-0.1, -0.05) is 0 Å². The Morgan fingerprint density at radius 1 is 1.62 bits per heavy atom. The van der Waals surface area contributed by atoms with E-state index < -0.39 is 12.0 Å². The molecule has 0 aromatic carbocycles. The molecular formula is C8H11N3O2. The lowest BCUT2D eigenvalue weighted by atomic mass is 10.1. The van der Waals surface area contributed by atoms with E-state index in [9.17, 15) is 4.79 Å². The topological polar surface area (TPSA) is 89.1 Å². The van der Waals surface area contributed by atoms with E-state index >= 15 is 0 Å². The van der Waals surface area contributed by atoms with Crippen molar-refractivity contribution in [3.05, 3.63) is 23.8 Å². The van der Waals surface area contributed by atoms with Crippen molar-refractivity contribution in [2.75, 3.05) is 0 Å². The molecule has 13 heavy (non-hydrogen) atoms. The van der Waals surface area contributed by atoms with Crippen LogP contribution in [0, 0.1) is 6.92 Å². The molecule has 1 aromatic heterocycles. The van der Waals surface area contributed by atoms with Crippen molar-refractivity contribution in [2.24, 2.45) is 5.73 Å². The van der Waals surface area contributed by atoms with Crippen molar-refractivity contribution in [1.82, 2.24) is 9.97 Å². The Morgan fingerprint density at radius 3 is 2.77 bits per heavy atom. The van der Waals surface area contributed by atoms with Crippen LogP contribution in [-0.4, -0.2) is 21.0 Å². The minimum atomic E-state index is -0.933. The van der Waals surface area contributed by atoms with Gasteiger partial charge in [0.25, 0.3) is 0 Å². The molecule has 0 unspecified atom stereocenters. The number of aromatic nitrogens is 2. The number of carboxylic acid groups (broad SMARTS) is 1. The molecule has 0 aliphatic heterocycles. The molecule has 0 aliphatic rings. The second-order valence-electron chi connectivity index (χ2n) is 2.73. The standard InChI is InChI=1S/C8H11N3O2/c1-5-8(11-3-2-10-5)6(9)4-7(12)13/h2-3,6H,4,9H2,1H3,(H,12,13)/t6-/m0/s1. The predicted octanol–water partition coefficient (Wildman–Crippen LogP) is 0.260. The number of nitrogens with two attached hydrogens (primary N) is 1. The molecule has 1 atom stereocenters. The third-order valence-corrected chi connectivity index (χ3v) is 1.66. The van der Waals surface area contributed by atoms with E-state index in [-0.39, 0.29) is 6.42 Å². The van der Waals surface area contributed by atoms with Crippen molar-refractivity contribution < 1.29 is 9.90 Å². The number of aliphatic carboxylic acids is 1. The number of rotatable bonds is 3. The molecular weight excluding hydrogens is 170 g/mol. The lowest BCUT2D eigenvalue weighted by Crippen LogP contribution is -2.17. The Bertz CT molecular complexity index is 314. The summed E-state index contributed by atoms with van der Waals surface area (Å²) in [5, 5.41) is 8.51. The first-order valence-electron chi connectivity index (χ1n) is 3.86. The van der Waals surface area contributed by atoms with Crippen LogP contribution in [0.5, 0.6) is 0 Å². The van der Waals surface area contributed by atoms with Crippen molar-refractivity contribution in [2.45, 2.75) is 19.4 Å². The van der Waals surface area contributed by atoms with Crippen LogP contribution in [0.25, 0.3) is 0 Å². The number of hydrogen-bond donors (Lipinski definition) is 2. The highest BCUT2D eigenvalue weighted by Crippen LogP contribution is 2.12. The van der Waals surface area contributed by atoms with Crippen LogP contribution in [0.3, 0.4) is 0 Å². The molecule has 1 aromatic rings. The fraction of sp³-hybridized carbons (Fsp3) is 0.375. The molecule has 0 saturated carbocycles. The van der Waals surface area contributed by atoms with E-state index in [1.165, 1.54) is 6.20 Å². The maximum atomic E-state index is 10.4. The van der Waals surface area contributed by atoms with Gasteiger partial charge in [0.2, 0.25) is 0 Å². The molecule has 0 aliphatic carbocycles. The first-order valence-corrected chi connectivity index (χ1v) is 3.86. The molecule has 5 heteroatoms. The second kappa shape index (κ2) is 3.95. The smallest absolute Gasteiger partial charge is 0.305 e. The molecule has 1 heterocycles. The minimum absolute atomic E-state index is 0.125. The summed E-state index contributed by atoms with van der Waals surface area (Å²) in [4.78, 5) is 18.3. The fourth-order valence-electron chi connectivity index (χ4n) is 1.07. The number of hydrogen-bond acceptors (Lipinski definition) is 4. The zero-order chi connectivity index (χ0) is 9.84. The third kappa shape index (κ3) is 2.48. The molecule has 0 amide bonds. The Balaban J connectivity index is 2.82. The molecule has 3 N–H and O–H groups in total. The lowest BCUT2D eigenvalue weighted by Gasteiger charge is -2.09. The monoisotopic (exact) mass is 181 g/mol. The summed E-state index contributed by atoms with van der Waals surface area (Å²) >= 11 is 0. The van der Waals surface area contributed by atoms with Gasteiger partial charge in [0.1, 0.15) is 0 Å². The largest absolute Gasteiger partial charge is 0.481 e. The van der Waals surface area contributed by atoms with Crippen LogP contribution < -0.4 is 5.73 Å². The Morgan fingerprint density at radius 2 is 2.23 bits per heavy atom. The summed E-state index contributed by atoms with van der Waals surface area (Å²) in [5.74, 6) is -0.933. The minimum Gasteiger partial charge on any atom is -0.481 e. The molecule has 0 fully saturated rings. The summed E-state index contributed by atoms with van der Waals surface area (Å²) in [5.41, 5.74) is 6.84. The van der Waals surface area contributed by atoms with E-state index in [0.29, 0.717) is 11.4 Å². The van der Waals surface area contributed by atoms with Gasteiger partial charge in [0.15, 0.2) is 0 Å². The van der Waals surface area contributed by atoms with Crippen LogP contribution in [-0.2, 0) is 4.79 Å². The molecule has 70 valence electrons. The van der Waals surface area contributed by atoms with Gasteiger partial charge < -0.3 is 10.8 Å². The third-order valence-electron chi connectivity index (χ3n) is 1.66. The first-order chi connectivity index (χ1) is 6.11. The van der Waals surface area contributed by atoms with Crippen LogP contribution in [0.1, 0.15) is 23.9 Å². The van der Waals surface area contributed by atoms with Gasteiger partial charge in [-0.25, -0.2) is 0 Å². The highest BCUT2D eigenvalue weighted by atomic mass is 16.4. The quantitative estimate of drug-likeness (QED) is 0.698. The van der Waals surface area contributed by atoms with Crippen molar-refractivity contribution in [1.29, 1.82) is 0 Å². The van der Waals surface area contributed by atoms with E-state index in [4.69, 9.17) is 10.8 Å². The van der Waals surface area contributed by atoms with Crippen LogP contribution in [0.2, 0.25) is 0 Å². The summed E-state index contributed by atoms with van der Waals surface area (Å²) in [6, 6.07) is -0.578. The van der Waals surface area contributed by atoms with Gasteiger partial charge in [-0.15, -0.1) is 0 Å². The van der Waals surface area contributed by atoms with E-state index in [0.717, 1.165) is 0 Å². The number of carboxylic acids is 1. The van der Waals surface area contributed by atoms with Crippen molar-refractivity contribution >= 4 is 5.97 Å². The Hall–Kier alpha value is -1.49. The Labute approximate surface area is 75.6 Å². The van der Waals surface area contributed by atoms with E-state index in [2.05, 4.69) is 9.97 Å². The van der Waals surface area contributed by atoms with Gasteiger partial charge >= 0.3 is 5.97 Å². The Kier molecular flexibility index (Phi) is 2.92. The zero-order valence-electron chi connectivity index (χ0n) is 7.27. The van der Waals surface area contributed by atoms with Gasteiger partial charge in [0, 0.05) is 12.4 Å². The molecule has 0 spiro atoms. The van der Waals surface area contributed by atoms with E-state index in [1.807, 2.05) is 0 Å². The summed E-state index contributed by atoms with van der Waals surface area (Å²) < 4.78 is 0. The average Bonchev–Trinajstić information content (AvgIpc) is 2.03. The second-order valence-corrected chi connectivity index (χ2v) is 2.73. The molecule has 0 bridgehead atoms. The maximum Gasteiger partial charge on any atom is 0.305 e. The van der Waals surface area contributed by atoms with Crippen LogP contribution in [0.4, 0.5) is 0 Å². The number of aryl methyl sites for hydroxylation is 1. The van der Waals surface area contributed by atoms with Gasteiger partial charge in [-0.3, -0.25) is 14.8 Å². The van der Waals surface area contributed by atoms with Gasteiger partial charge in [-0.2, -0.15) is 0 Å². The average molecular weight is 181 g/mol. The normalized spacial score (nSPS) is 12.5. The lowest BCUT2D eigenvalue weighted by molar-refractivity contribution is -0.137.